The molecule has 0 unspecified atom stereocenters. The Hall–Kier alpha value is -3.20. The highest BCUT2D eigenvalue weighted by molar-refractivity contribution is 9.10. The zero-order chi connectivity index (χ0) is 25.4. The molecule has 0 bridgehead atoms. The minimum absolute atomic E-state index is 0.108. The smallest absolute Gasteiger partial charge is 0.253 e. The molecule has 36 heavy (non-hydrogen) atoms. The number of anilines is 1. The Balaban J connectivity index is 1.53. The van der Waals surface area contributed by atoms with Gasteiger partial charge in [0.15, 0.2) is 6.23 Å². The third kappa shape index (κ3) is 4.89. The van der Waals surface area contributed by atoms with Gasteiger partial charge in [-0.1, -0.05) is 33.6 Å². The van der Waals surface area contributed by atoms with Gasteiger partial charge in [-0.15, -0.1) is 0 Å². The van der Waals surface area contributed by atoms with Gasteiger partial charge < -0.3 is 15.4 Å². The van der Waals surface area contributed by atoms with Crippen molar-refractivity contribution in [1.29, 1.82) is 0 Å². The third-order valence-electron chi connectivity index (χ3n) is 6.17. The fourth-order valence-corrected chi connectivity index (χ4v) is 4.71. The summed E-state index contributed by atoms with van der Waals surface area (Å²) in [5.41, 5.74) is 10.2. The molecule has 3 aromatic carbocycles. The standard InChI is InChI=1S/C27H23BrClFN4O2/c1-16-26(35)33(13-12-17-2-11-24(31)23(29)14-17)27(36-16)22-15-34(21-9-5-19(28)6-10-21)32-25(22)18-3-7-20(30)8-4-18/h2-11,14-16,27H,12-13,31H2,1H3/t16-,27+/m1/s1. The first-order valence-electron chi connectivity index (χ1n) is 11.4. The number of nitrogens with zero attached hydrogens (tertiary/aromatic N) is 3. The van der Waals surface area contributed by atoms with Gasteiger partial charge in [0.1, 0.15) is 17.6 Å². The number of amides is 1. The van der Waals surface area contributed by atoms with E-state index >= 15 is 0 Å². The number of aromatic nitrogens is 2. The highest BCUT2D eigenvalue weighted by Crippen LogP contribution is 2.37. The molecule has 9 heteroatoms. The third-order valence-corrected chi connectivity index (χ3v) is 7.03. The van der Waals surface area contributed by atoms with E-state index in [4.69, 9.17) is 27.2 Å². The second-order valence-electron chi connectivity index (χ2n) is 8.63. The molecule has 1 amide bonds. The minimum Gasteiger partial charge on any atom is -0.398 e. The number of rotatable bonds is 6. The molecule has 5 rings (SSSR count). The van der Waals surface area contributed by atoms with Gasteiger partial charge in [-0.25, -0.2) is 9.07 Å². The van der Waals surface area contributed by atoms with Gasteiger partial charge in [-0.05, 0) is 79.6 Å². The molecule has 1 aliphatic heterocycles. The fraction of sp³-hybridized carbons (Fsp3) is 0.185. The van der Waals surface area contributed by atoms with Gasteiger partial charge in [0, 0.05) is 28.3 Å². The van der Waals surface area contributed by atoms with Crippen molar-refractivity contribution in [1.82, 2.24) is 14.7 Å². The Morgan fingerprint density at radius 2 is 1.83 bits per heavy atom. The van der Waals surface area contributed by atoms with Crippen LogP contribution in [0.5, 0.6) is 0 Å². The largest absolute Gasteiger partial charge is 0.398 e. The van der Waals surface area contributed by atoms with Gasteiger partial charge >= 0.3 is 0 Å². The molecule has 184 valence electrons. The van der Waals surface area contributed by atoms with Crippen LogP contribution in [0.1, 0.15) is 24.3 Å². The highest BCUT2D eigenvalue weighted by Gasteiger charge is 2.40. The van der Waals surface area contributed by atoms with Crippen LogP contribution in [0.4, 0.5) is 10.1 Å². The van der Waals surface area contributed by atoms with Crippen LogP contribution in [0.15, 0.2) is 77.4 Å². The van der Waals surface area contributed by atoms with Gasteiger partial charge in [-0.2, -0.15) is 5.10 Å². The minimum atomic E-state index is -0.652. The van der Waals surface area contributed by atoms with E-state index in [-0.39, 0.29) is 11.7 Å². The Morgan fingerprint density at radius 1 is 1.11 bits per heavy atom. The Labute approximate surface area is 221 Å². The lowest BCUT2D eigenvalue weighted by molar-refractivity contribution is -0.130. The SMILES string of the molecule is C[C@H]1O[C@@H](c2cn(-c3ccc(Br)cc3)nc2-c2ccc(F)cc2)N(CCc2ccc(N)c(Cl)c2)C1=O. The summed E-state index contributed by atoms with van der Waals surface area (Å²) in [4.78, 5) is 14.8. The van der Waals surface area contributed by atoms with Crippen LogP contribution >= 0.6 is 27.5 Å². The second-order valence-corrected chi connectivity index (χ2v) is 9.95. The average molecular weight is 570 g/mol. The van der Waals surface area contributed by atoms with E-state index < -0.39 is 12.3 Å². The van der Waals surface area contributed by atoms with Crippen molar-refractivity contribution in [3.63, 3.8) is 0 Å². The molecule has 1 fully saturated rings. The first-order valence-corrected chi connectivity index (χ1v) is 12.6. The predicted molar refractivity (Wildman–Crippen MR) is 141 cm³/mol. The molecular formula is C27H23BrClFN4O2. The second kappa shape index (κ2) is 10.0. The summed E-state index contributed by atoms with van der Waals surface area (Å²) in [7, 11) is 0. The quantitative estimate of drug-likeness (QED) is 0.282. The number of hydrogen-bond acceptors (Lipinski definition) is 4. The van der Waals surface area contributed by atoms with Crippen molar-refractivity contribution in [2.45, 2.75) is 25.7 Å². The van der Waals surface area contributed by atoms with E-state index in [9.17, 15) is 9.18 Å². The lowest BCUT2D eigenvalue weighted by Crippen LogP contribution is -2.32. The summed E-state index contributed by atoms with van der Waals surface area (Å²) >= 11 is 9.64. The van der Waals surface area contributed by atoms with Crippen molar-refractivity contribution in [2.24, 2.45) is 0 Å². The number of halogens is 3. The van der Waals surface area contributed by atoms with Crippen LogP contribution in [-0.2, 0) is 16.0 Å². The maximum absolute atomic E-state index is 13.7. The number of carbonyl (C=O) groups is 1. The molecule has 0 saturated carbocycles. The van der Waals surface area contributed by atoms with Crippen molar-refractivity contribution in [3.05, 3.63) is 99.4 Å². The molecule has 0 spiro atoms. The number of ether oxygens (including phenoxy) is 1. The summed E-state index contributed by atoms with van der Waals surface area (Å²) in [6, 6.07) is 19.3. The lowest BCUT2D eigenvalue weighted by Gasteiger charge is -2.23. The zero-order valence-electron chi connectivity index (χ0n) is 19.4. The van der Waals surface area contributed by atoms with E-state index in [1.54, 1.807) is 34.7 Å². The van der Waals surface area contributed by atoms with Crippen LogP contribution in [0, 0.1) is 5.82 Å². The molecule has 1 aromatic heterocycles. The summed E-state index contributed by atoms with van der Waals surface area (Å²) in [5.74, 6) is -0.444. The molecular weight excluding hydrogens is 547 g/mol. The van der Waals surface area contributed by atoms with Crippen molar-refractivity contribution < 1.29 is 13.9 Å². The Morgan fingerprint density at radius 3 is 2.53 bits per heavy atom. The number of nitrogen functional groups attached to an aromatic ring is 1. The van der Waals surface area contributed by atoms with Crippen molar-refractivity contribution in [3.8, 4) is 16.9 Å². The molecule has 6 nitrogen and oxygen atoms in total. The van der Waals surface area contributed by atoms with Gasteiger partial charge in [0.05, 0.1) is 16.4 Å². The van der Waals surface area contributed by atoms with Crippen molar-refractivity contribution >= 4 is 39.1 Å². The molecule has 0 aliphatic carbocycles. The summed E-state index contributed by atoms with van der Waals surface area (Å²) < 4.78 is 22.5. The monoisotopic (exact) mass is 568 g/mol. The number of carbonyl (C=O) groups excluding carboxylic acids is 1. The van der Waals surface area contributed by atoms with Crippen LogP contribution in [0.3, 0.4) is 0 Å². The maximum atomic E-state index is 13.7. The van der Waals surface area contributed by atoms with E-state index in [1.165, 1.54) is 12.1 Å². The molecule has 1 saturated heterocycles. The first kappa shape index (κ1) is 24.5. The number of benzene rings is 3. The lowest BCUT2D eigenvalue weighted by atomic mass is 10.1. The summed E-state index contributed by atoms with van der Waals surface area (Å²) in [6.45, 7) is 2.16. The molecule has 1 aliphatic rings. The fourth-order valence-electron chi connectivity index (χ4n) is 4.24. The molecule has 0 radical (unpaired) electrons. The highest BCUT2D eigenvalue weighted by atomic mass is 79.9. The molecule has 4 aromatic rings. The van der Waals surface area contributed by atoms with E-state index in [1.807, 2.05) is 42.6 Å². The van der Waals surface area contributed by atoms with E-state index in [0.717, 1.165) is 26.9 Å². The van der Waals surface area contributed by atoms with Gasteiger partial charge in [0.25, 0.3) is 5.91 Å². The van der Waals surface area contributed by atoms with Crippen molar-refractivity contribution in [2.75, 3.05) is 12.3 Å². The Kier molecular flexibility index (Phi) is 6.83. The van der Waals surface area contributed by atoms with Crippen LogP contribution in [0.2, 0.25) is 5.02 Å². The van der Waals surface area contributed by atoms with Crippen LogP contribution in [0.25, 0.3) is 16.9 Å². The molecule has 2 N–H and O–H groups in total. The topological polar surface area (TPSA) is 73.4 Å². The normalized spacial score (nSPS) is 17.7. The molecule has 2 atom stereocenters. The first-order chi connectivity index (χ1) is 17.3. The zero-order valence-corrected chi connectivity index (χ0v) is 21.7. The van der Waals surface area contributed by atoms with E-state index in [2.05, 4.69) is 15.9 Å². The van der Waals surface area contributed by atoms with E-state index in [0.29, 0.717) is 29.4 Å². The average Bonchev–Trinajstić information content (AvgIpc) is 3.42. The molecule has 2 heterocycles. The Bertz CT molecular complexity index is 1410. The summed E-state index contributed by atoms with van der Waals surface area (Å²) in [6.07, 6.45) is 1.18. The summed E-state index contributed by atoms with van der Waals surface area (Å²) in [5, 5.41) is 5.29. The predicted octanol–water partition coefficient (Wildman–Crippen LogP) is 6.17. The van der Waals surface area contributed by atoms with Crippen LogP contribution in [-0.4, -0.2) is 33.2 Å². The number of nitrogens with two attached hydrogens (primary N) is 1. The maximum Gasteiger partial charge on any atom is 0.253 e. The van der Waals surface area contributed by atoms with Gasteiger partial charge in [-0.3, -0.25) is 4.79 Å². The van der Waals surface area contributed by atoms with Crippen LogP contribution < -0.4 is 5.73 Å². The number of hydrogen-bond donors (Lipinski definition) is 1. The van der Waals surface area contributed by atoms with Gasteiger partial charge in [0.2, 0.25) is 0 Å².